The molecule has 3 heteroatoms. The van der Waals surface area contributed by atoms with Crippen molar-refractivity contribution in [2.75, 3.05) is 18.8 Å². The van der Waals surface area contributed by atoms with Crippen molar-refractivity contribution in [2.45, 2.75) is 33.1 Å². The minimum absolute atomic E-state index is 0.0981. The fourth-order valence-electron chi connectivity index (χ4n) is 2.12. The van der Waals surface area contributed by atoms with Gasteiger partial charge in [0.1, 0.15) is 5.75 Å². The van der Waals surface area contributed by atoms with E-state index in [0.29, 0.717) is 6.54 Å². The third-order valence-electron chi connectivity index (χ3n) is 2.98. The number of nitrogens with one attached hydrogen (secondary N) is 1. The zero-order valence-corrected chi connectivity index (χ0v) is 10.3. The lowest BCUT2D eigenvalue weighted by molar-refractivity contribution is 0.244. The van der Waals surface area contributed by atoms with Crippen molar-refractivity contribution in [2.24, 2.45) is 0 Å². The highest BCUT2D eigenvalue weighted by molar-refractivity contribution is 5.73. The summed E-state index contributed by atoms with van der Waals surface area (Å²) in [7, 11) is 0. The molecule has 18 heavy (non-hydrogen) atoms. The van der Waals surface area contributed by atoms with Crippen LogP contribution in [-0.2, 0) is 0 Å². The van der Waals surface area contributed by atoms with E-state index < -0.39 is 19.8 Å². The van der Waals surface area contributed by atoms with E-state index in [2.05, 4.69) is 5.32 Å². The first-order chi connectivity index (χ1) is 11.4. The first-order valence-corrected chi connectivity index (χ1v) is 5.86. The van der Waals surface area contributed by atoms with Crippen LogP contribution >= 0.6 is 0 Å². The highest BCUT2D eigenvalue weighted by Crippen LogP contribution is 2.32. The smallest absolute Gasteiger partial charge is 0.143 e. The van der Waals surface area contributed by atoms with Crippen molar-refractivity contribution in [3.05, 3.63) is 29.3 Å². The van der Waals surface area contributed by atoms with Gasteiger partial charge in [-0.1, -0.05) is 6.08 Å². The van der Waals surface area contributed by atoms with E-state index >= 15 is 0 Å². The lowest BCUT2D eigenvalue weighted by atomic mass is 9.95. The van der Waals surface area contributed by atoms with Crippen LogP contribution in [0.1, 0.15) is 40.8 Å². The summed E-state index contributed by atoms with van der Waals surface area (Å²) in [6.07, 6.45) is -0.328. The Labute approximate surface area is 119 Å². The maximum absolute atomic E-state index is 8.00. The summed E-state index contributed by atoms with van der Waals surface area (Å²) in [5.41, 5.74) is 8.73. The number of benzene rings is 1. The van der Waals surface area contributed by atoms with Gasteiger partial charge in [-0.05, 0) is 62.4 Å². The molecule has 0 saturated heterocycles. The topological polar surface area (TPSA) is 47.3 Å². The average Bonchev–Trinajstić information content (AvgIpc) is 2.48. The molecule has 1 aromatic carbocycles. The number of ether oxygens (including phenoxy) is 1. The molecule has 0 fully saturated rings. The number of anilines is 1. The van der Waals surface area contributed by atoms with Gasteiger partial charge in [-0.15, -0.1) is 0 Å². The van der Waals surface area contributed by atoms with Crippen molar-refractivity contribution < 1.29 is 14.3 Å². The summed E-state index contributed by atoms with van der Waals surface area (Å²) in [5.74, 6) is -0.109. The Kier molecular flexibility index (Phi) is 2.00. The molecule has 98 valence electrons. The van der Waals surface area contributed by atoms with E-state index in [0.717, 1.165) is 29.7 Å². The molecule has 3 nitrogen and oxygen atoms in total. The molecule has 0 aliphatic carbocycles. The quantitative estimate of drug-likeness (QED) is 0.814. The van der Waals surface area contributed by atoms with Crippen molar-refractivity contribution in [1.29, 1.82) is 0 Å². The zero-order chi connectivity index (χ0) is 19.0. The molecule has 1 aliphatic heterocycles. The van der Waals surface area contributed by atoms with Crippen LogP contribution in [0.4, 0.5) is 5.69 Å². The van der Waals surface area contributed by atoms with Crippen LogP contribution in [0.15, 0.2) is 18.2 Å². The number of hydrogen-bond donors (Lipinski definition) is 2. The van der Waals surface area contributed by atoms with Crippen LogP contribution in [0, 0.1) is 6.92 Å². The summed E-state index contributed by atoms with van der Waals surface area (Å²) >= 11 is 0. The van der Waals surface area contributed by atoms with Gasteiger partial charge in [-0.2, -0.15) is 0 Å². The first-order valence-electron chi connectivity index (χ1n) is 9.36. The van der Waals surface area contributed by atoms with E-state index in [1.54, 1.807) is 6.07 Å². The standard InChI is InChI=1S/C15H22N2O/c1-10(2)18-15-9-13(11(3)8-14(15)16)12-4-6-17-7-5-12/h4,8-10,17H,5-7,16H2,1-3H3/i1D3,2D3,10D. The highest BCUT2D eigenvalue weighted by Gasteiger charge is 2.12. The molecule has 0 saturated carbocycles. The summed E-state index contributed by atoms with van der Waals surface area (Å²) in [6.45, 7) is -2.98. The number of aryl methyl sites for hydroxylation is 1. The van der Waals surface area contributed by atoms with Crippen molar-refractivity contribution >= 4 is 11.3 Å². The molecule has 0 aromatic heterocycles. The predicted octanol–water partition coefficient (Wildman–Crippen LogP) is 2.74. The largest absolute Gasteiger partial charge is 0.489 e. The molecular weight excluding hydrogens is 224 g/mol. The van der Waals surface area contributed by atoms with Gasteiger partial charge in [-0.3, -0.25) is 0 Å². The normalized spacial score (nSPS) is 23.4. The Morgan fingerprint density at radius 3 is 3.00 bits per heavy atom. The lowest BCUT2D eigenvalue weighted by Crippen LogP contribution is -2.20. The van der Waals surface area contributed by atoms with Crippen LogP contribution in [0.3, 0.4) is 0 Å². The molecule has 1 aliphatic rings. The van der Waals surface area contributed by atoms with E-state index in [1.807, 2.05) is 13.0 Å². The second-order valence-corrected chi connectivity index (χ2v) is 4.32. The van der Waals surface area contributed by atoms with E-state index in [1.165, 1.54) is 6.07 Å². The van der Waals surface area contributed by atoms with Crippen molar-refractivity contribution in [3.63, 3.8) is 0 Å². The van der Waals surface area contributed by atoms with E-state index in [4.69, 9.17) is 20.1 Å². The molecule has 3 N–H and O–H groups in total. The Morgan fingerprint density at radius 1 is 1.50 bits per heavy atom. The van der Waals surface area contributed by atoms with Gasteiger partial charge in [-0.25, -0.2) is 0 Å². The first kappa shape index (κ1) is 6.62. The van der Waals surface area contributed by atoms with Gasteiger partial charge >= 0.3 is 0 Å². The zero-order valence-electron chi connectivity index (χ0n) is 17.3. The monoisotopic (exact) mass is 253 g/mol. The number of rotatable bonds is 3. The van der Waals surface area contributed by atoms with Crippen LogP contribution in [0.2, 0.25) is 0 Å². The molecule has 1 heterocycles. The fraction of sp³-hybridized carbons (Fsp3) is 0.467. The molecule has 0 amide bonds. The summed E-state index contributed by atoms with van der Waals surface area (Å²) in [4.78, 5) is 0. The Morgan fingerprint density at radius 2 is 2.33 bits per heavy atom. The second kappa shape index (κ2) is 5.44. The maximum Gasteiger partial charge on any atom is 0.143 e. The van der Waals surface area contributed by atoms with Crippen molar-refractivity contribution in [3.8, 4) is 5.75 Å². The fourth-order valence-corrected chi connectivity index (χ4v) is 2.12. The van der Waals surface area contributed by atoms with Gasteiger partial charge in [0.2, 0.25) is 0 Å². The molecule has 0 atom stereocenters. The summed E-state index contributed by atoms with van der Waals surface area (Å²) in [5, 5.41) is 3.20. The molecular formula is C15H22N2O. The SMILES string of the molecule is [2H]C([2H])([2H])C([2H])(Oc1cc(C2=CCNCC2)c(C)cc1N)C([2H])([2H])[2H]. The molecule has 0 radical (unpaired) electrons. The predicted molar refractivity (Wildman–Crippen MR) is 76.8 cm³/mol. The Balaban J connectivity index is 2.50. The van der Waals surface area contributed by atoms with Gasteiger partial charge in [0.05, 0.1) is 13.1 Å². The number of hydrogen-bond acceptors (Lipinski definition) is 3. The summed E-state index contributed by atoms with van der Waals surface area (Å²) in [6, 6.07) is 3.13. The molecule has 0 bridgehead atoms. The molecule has 0 unspecified atom stereocenters. The van der Waals surface area contributed by atoms with Crippen molar-refractivity contribution in [1.82, 2.24) is 5.32 Å². The maximum atomic E-state index is 8.00. The lowest BCUT2D eigenvalue weighted by Gasteiger charge is -2.19. The number of nitrogen functional groups attached to an aromatic ring is 1. The van der Waals surface area contributed by atoms with E-state index in [9.17, 15) is 0 Å². The third kappa shape index (κ3) is 2.85. The second-order valence-electron chi connectivity index (χ2n) is 4.32. The van der Waals surface area contributed by atoms with E-state index in [-0.39, 0.29) is 11.4 Å². The minimum atomic E-state index is -3.18. The minimum Gasteiger partial charge on any atom is -0.489 e. The molecule has 1 aromatic rings. The summed E-state index contributed by atoms with van der Waals surface area (Å²) < 4.78 is 57.9. The average molecular weight is 253 g/mol. The highest BCUT2D eigenvalue weighted by atomic mass is 16.5. The van der Waals surface area contributed by atoms with Gasteiger partial charge < -0.3 is 15.8 Å². The third-order valence-corrected chi connectivity index (χ3v) is 2.98. The van der Waals surface area contributed by atoms with Gasteiger partial charge in [0.15, 0.2) is 0 Å². The van der Waals surface area contributed by atoms with Crippen LogP contribution < -0.4 is 15.8 Å². The van der Waals surface area contributed by atoms with Crippen LogP contribution in [-0.4, -0.2) is 19.2 Å². The van der Waals surface area contributed by atoms with Gasteiger partial charge in [0.25, 0.3) is 0 Å². The van der Waals surface area contributed by atoms with Gasteiger partial charge in [0, 0.05) is 14.8 Å². The van der Waals surface area contributed by atoms with Crippen LogP contribution in [0.5, 0.6) is 5.75 Å². The Hall–Kier alpha value is -1.48. The molecule has 2 rings (SSSR count). The number of nitrogens with two attached hydrogens (primary N) is 1. The molecule has 0 spiro atoms. The van der Waals surface area contributed by atoms with Crippen LogP contribution in [0.25, 0.3) is 5.57 Å². The Bertz CT molecular complexity index is 666.